The SMILES string of the molecule is CC1(C)CC(=O)N(CCC2CCCC2=O)C(=O)C1. The molecule has 4 nitrogen and oxygen atoms in total. The van der Waals surface area contributed by atoms with Crippen LogP contribution in [0.1, 0.15) is 52.4 Å². The summed E-state index contributed by atoms with van der Waals surface area (Å²) in [6.07, 6.45) is 4.05. The van der Waals surface area contributed by atoms with Gasteiger partial charge in [0, 0.05) is 31.7 Å². The summed E-state index contributed by atoms with van der Waals surface area (Å²) in [6.45, 7) is 4.31. The van der Waals surface area contributed by atoms with E-state index in [-0.39, 0.29) is 23.1 Å². The van der Waals surface area contributed by atoms with Crippen molar-refractivity contribution in [1.29, 1.82) is 0 Å². The van der Waals surface area contributed by atoms with E-state index in [2.05, 4.69) is 0 Å². The molecule has 1 unspecified atom stereocenters. The quantitative estimate of drug-likeness (QED) is 0.720. The number of piperidine rings is 1. The van der Waals surface area contributed by atoms with Gasteiger partial charge in [0.15, 0.2) is 0 Å². The summed E-state index contributed by atoms with van der Waals surface area (Å²) in [7, 11) is 0. The molecule has 0 N–H and O–H groups in total. The lowest BCUT2D eigenvalue weighted by Gasteiger charge is -2.35. The molecule has 18 heavy (non-hydrogen) atoms. The highest BCUT2D eigenvalue weighted by Gasteiger charge is 2.37. The largest absolute Gasteiger partial charge is 0.299 e. The number of rotatable bonds is 3. The molecule has 0 aromatic heterocycles. The molecule has 1 saturated carbocycles. The lowest BCUT2D eigenvalue weighted by Crippen LogP contribution is -2.46. The van der Waals surface area contributed by atoms with Crippen LogP contribution in [0.15, 0.2) is 0 Å². The van der Waals surface area contributed by atoms with Gasteiger partial charge in [0.2, 0.25) is 11.8 Å². The summed E-state index contributed by atoms with van der Waals surface area (Å²) >= 11 is 0. The molecule has 1 aliphatic heterocycles. The predicted molar refractivity (Wildman–Crippen MR) is 66.7 cm³/mol. The van der Waals surface area contributed by atoms with Gasteiger partial charge in [-0.3, -0.25) is 19.3 Å². The van der Waals surface area contributed by atoms with Crippen LogP contribution in [0.2, 0.25) is 0 Å². The highest BCUT2D eigenvalue weighted by atomic mass is 16.2. The molecule has 0 spiro atoms. The molecule has 2 fully saturated rings. The first-order valence-electron chi connectivity index (χ1n) is 6.75. The molecule has 1 saturated heterocycles. The smallest absolute Gasteiger partial charge is 0.229 e. The molecule has 2 rings (SSSR count). The zero-order valence-electron chi connectivity index (χ0n) is 11.2. The molecule has 1 aliphatic carbocycles. The first-order valence-corrected chi connectivity index (χ1v) is 6.75. The Morgan fingerprint density at radius 1 is 1.17 bits per heavy atom. The zero-order valence-corrected chi connectivity index (χ0v) is 11.2. The van der Waals surface area contributed by atoms with Crippen LogP contribution in [-0.4, -0.2) is 29.0 Å². The summed E-state index contributed by atoms with van der Waals surface area (Å²) < 4.78 is 0. The lowest BCUT2D eigenvalue weighted by molar-refractivity contribution is -0.152. The summed E-state index contributed by atoms with van der Waals surface area (Å²) in [5.41, 5.74) is -0.214. The Hall–Kier alpha value is -1.19. The van der Waals surface area contributed by atoms with Crippen molar-refractivity contribution in [3.05, 3.63) is 0 Å². The van der Waals surface area contributed by atoms with Crippen LogP contribution in [0.25, 0.3) is 0 Å². The number of amides is 2. The topological polar surface area (TPSA) is 54.5 Å². The summed E-state index contributed by atoms with van der Waals surface area (Å²) in [6, 6.07) is 0. The maximum Gasteiger partial charge on any atom is 0.229 e. The highest BCUT2D eigenvalue weighted by molar-refractivity contribution is 5.98. The van der Waals surface area contributed by atoms with E-state index in [9.17, 15) is 14.4 Å². The van der Waals surface area contributed by atoms with Crippen molar-refractivity contribution in [2.75, 3.05) is 6.54 Å². The van der Waals surface area contributed by atoms with E-state index in [1.54, 1.807) is 0 Å². The van der Waals surface area contributed by atoms with E-state index in [4.69, 9.17) is 0 Å². The van der Waals surface area contributed by atoms with Gasteiger partial charge >= 0.3 is 0 Å². The Bertz CT molecular complexity index is 367. The number of hydrogen-bond donors (Lipinski definition) is 0. The average molecular weight is 251 g/mol. The zero-order chi connectivity index (χ0) is 13.3. The number of carbonyl (C=O) groups is 3. The standard InChI is InChI=1S/C14H21NO3/c1-14(2)8-12(17)15(13(18)9-14)7-6-10-4-3-5-11(10)16/h10H,3-9H2,1-2H3. The van der Waals surface area contributed by atoms with Crippen LogP contribution in [0, 0.1) is 11.3 Å². The van der Waals surface area contributed by atoms with E-state index in [1.807, 2.05) is 13.8 Å². The summed E-state index contributed by atoms with van der Waals surface area (Å²) in [5.74, 6) is 0.205. The minimum atomic E-state index is -0.214. The molecule has 1 heterocycles. The van der Waals surface area contributed by atoms with E-state index in [1.165, 1.54) is 4.90 Å². The molecule has 2 amide bonds. The first kappa shape index (κ1) is 13.2. The van der Waals surface area contributed by atoms with E-state index in [0.717, 1.165) is 12.8 Å². The van der Waals surface area contributed by atoms with Crippen molar-refractivity contribution in [3.8, 4) is 0 Å². The second-order valence-corrected chi connectivity index (χ2v) is 6.30. The van der Waals surface area contributed by atoms with Crippen molar-refractivity contribution < 1.29 is 14.4 Å². The van der Waals surface area contributed by atoms with E-state index < -0.39 is 0 Å². The summed E-state index contributed by atoms with van der Waals surface area (Å²) in [4.78, 5) is 36.7. The molecule has 0 bridgehead atoms. The number of likely N-dealkylation sites (tertiary alicyclic amines) is 1. The molecule has 100 valence electrons. The predicted octanol–water partition coefficient (Wildman–Crippen LogP) is 1.92. The van der Waals surface area contributed by atoms with Crippen molar-refractivity contribution in [3.63, 3.8) is 0 Å². The first-order chi connectivity index (χ1) is 8.39. The van der Waals surface area contributed by atoms with Crippen molar-refractivity contribution >= 4 is 17.6 Å². The molecular weight excluding hydrogens is 230 g/mol. The Morgan fingerprint density at radius 3 is 2.28 bits per heavy atom. The van der Waals surface area contributed by atoms with Crippen LogP contribution in [-0.2, 0) is 14.4 Å². The van der Waals surface area contributed by atoms with Gasteiger partial charge in [0.05, 0.1) is 0 Å². The normalized spacial score (nSPS) is 28.0. The molecule has 0 radical (unpaired) electrons. The van der Waals surface area contributed by atoms with Gasteiger partial charge in [-0.2, -0.15) is 0 Å². The second kappa shape index (κ2) is 4.82. The Morgan fingerprint density at radius 2 is 1.78 bits per heavy atom. The van der Waals surface area contributed by atoms with Crippen LogP contribution in [0.5, 0.6) is 0 Å². The van der Waals surface area contributed by atoms with Crippen molar-refractivity contribution in [2.24, 2.45) is 11.3 Å². The number of Topliss-reactive ketones (excluding diaryl/α,β-unsaturated/α-hetero) is 1. The fourth-order valence-corrected chi connectivity index (χ4v) is 2.94. The van der Waals surface area contributed by atoms with Crippen LogP contribution >= 0.6 is 0 Å². The van der Waals surface area contributed by atoms with Crippen molar-refractivity contribution in [1.82, 2.24) is 4.90 Å². The number of nitrogens with zero attached hydrogens (tertiary/aromatic N) is 1. The van der Waals surface area contributed by atoms with Gasteiger partial charge in [-0.15, -0.1) is 0 Å². The monoisotopic (exact) mass is 251 g/mol. The van der Waals surface area contributed by atoms with Crippen LogP contribution < -0.4 is 0 Å². The van der Waals surface area contributed by atoms with Gasteiger partial charge in [-0.05, 0) is 24.7 Å². The van der Waals surface area contributed by atoms with Gasteiger partial charge in [-0.25, -0.2) is 0 Å². The van der Waals surface area contributed by atoms with Gasteiger partial charge in [0.25, 0.3) is 0 Å². The Balaban J connectivity index is 1.91. The van der Waals surface area contributed by atoms with Gasteiger partial charge in [-0.1, -0.05) is 13.8 Å². The maximum atomic E-state index is 11.9. The third kappa shape index (κ3) is 2.79. The third-order valence-corrected chi connectivity index (χ3v) is 3.99. The molecule has 0 aromatic carbocycles. The minimum absolute atomic E-state index is 0.0699. The summed E-state index contributed by atoms with van der Waals surface area (Å²) in [5, 5.41) is 0. The highest BCUT2D eigenvalue weighted by Crippen LogP contribution is 2.32. The van der Waals surface area contributed by atoms with Crippen molar-refractivity contribution in [2.45, 2.75) is 52.4 Å². The number of carbonyl (C=O) groups excluding carboxylic acids is 3. The molecule has 0 aromatic rings. The Labute approximate surface area is 108 Å². The average Bonchev–Trinajstić information content (AvgIpc) is 2.61. The van der Waals surface area contributed by atoms with Crippen LogP contribution in [0.4, 0.5) is 0 Å². The maximum absolute atomic E-state index is 11.9. The second-order valence-electron chi connectivity index (χ2n) is 6.30. The fourth-order valence-electron chi connectivity index (χ4n) is 2.94. The molecular formula is C14H21NO3. The Kier molecular flexibility index (Phi) is 3.55. The van der Waals surface area contributed by atoms with Gasteiger partial charge < -0.3 is 0 Å². The van der Waals surface area contributed by atoms with E-state index >= 15 is 0 Å². The molecule has 2 aliphatic rings. The van der Waals surface area contributed by atoms with E-state index in [0.29, 0.717) is 38.0 Å². The lowest BCUT2D eigenvalue weighted by atomic mass is 9.81. The number of hydrogen-bond acceptors (Lipinski definition) is 3. The molecule has 4 heteroatoms. The fraction of sp³-hybridized carbons (Fsp3) is 0.786. The third-order valence-electron chi connectivity index (χ3n) is 3.99. The van der Waals surface area contributed by atoms with Gasteiger partial charge in [0.1, 0.15) is 5.78 Å². The number of imide groups is 1. The minimum Gasteiger partial charge on any atom is -0.299 e. The number of ketones is 1. The van der Waals surface area contributed by atoms with Crippen LogP contribution in [0.3, 0.4) is 0 Å². The molecule has 1 atom stereocenters.